The van der Waals surface area contributed by atoms with Crippen LogP contribution in [0.4, 0.5) is 0 Å². The summed E-state index contributed by atoms with van der Waals surface area (Å²) in [5.74, 6) is 0.00270. The molecule has 2 heterocycles. The number of cyclic esters (lactones) is 1. The summed E-state index contributed by atoms with van der Waals surface area (Å²) in [5, 5.41) is 23.4. The van der Waals surface area contributed by atoms with Crippen LogP contribution in [0.3, 0.4) is 0 Å². The minimum atomic E-state index is -1.44. The van der Waals surface area contributed by atoms with Gasteiger partial charge in [-0.1, -0.05) is 51.5 Å². The molecule has 7 unspecified atom stereocenters. The predicted molar refractivity (Wildman–Crippen MR) is 121 cm³/mol. The second kappa shape index (κ2) is 7.79. The Labute approximate surface area is 191 Å². The van der Waals surface area contributed by atoms with Gasteiger partial charge in [0, 0.05) is 16.9 Å². The van der Waals surface area contributed by atoms with Crippen molar-refractivity contribution in [3.8, 4) is 0 Å². The van der Waals surface area contributed by atoms with Crippen LogP contribution in [0.15, 0.2) is 35.5 Å². The molecule has 2 N–H and O–H groups in total. The highest BCUT2D eigenvalue weighted by Gasteiger charge is 2.67. The lowest BCUT2D eigenvalue weighted by Gasteiger charge is -2.64. The quantitative estimate of drug-likeness (QED) is 0.370. The molecule has 0 bridgehead atoms. The number of hydrogen-bond donors (Lipinski definition) is 2. The molecule has 1 saturated heterocycles. The number of rotatable bonds is 6. The molecule has 2 aliphatic carbocycles. The van der Waals surface area contributed by atoms with Crippen molar-refractivity contribution in [3.05, 3.63) is 35.5 Å². The SMILES string of the molecule is CC1=CCCC2C1(C)C(OCC1(C(C)C)CO1)C(O)C(C)(O)C2(C)C=CC1=CC(=O)OC1. The number of aliphatic hydroxyl groups is 2. The van der Waals surface area contributed by atoms with E-state index in [4.69, 9.17) is 14.2 Å². The molecule has 2 aliphatic heterocycles. The Morgan fingerprint density at radius 3 is 2.56 bits per heavy atom. The van der Waals surface area contributed by atoms with Crippen LogP contribution in [-0.2, 0) is 19.0 Å². The maximum absolute atomic E-state index is 11.8. The summed E-state index contributed by atoms with van der Waals surface area (Å²) < 4.78 is 17.2. The van der Waals surface area contributed by atoms with E-state index in [9.17, 15) is 15.0 Å². The Morgan fingerprint density at radius 1 is 1.31 bits per heavy atom. The van der Waals surface area contributed by atoms with Gasteiger partial charge in [0.1, 0.15) is 18.3 Å². The number of carbonyl (C=O) groups excluding carboxylic acids is 1. The molecule has 32 heavy (non-hydrogen) atoms. The number of ether oxygens (including phenoxy) is 3. The highest BCUT2D eigenvalue weighted by molar-refractivity contribution is 5.86. The lowest BCUT2D eigenvalue weighted by Crippen LogP contribution is -2.71. The topological polar surface area (TPSA) is 88.5 Å². The monoisotopic (exact) mass is 446 g/mol. The van der Waals surface area contributed by atoms with Gasteiger partial charge in [0.05, 0.1) is 24.9 Å². The van der Waals surface area contributed by atoms with Crippen molar-refractivity contribution in [2.24, 2.45) is 22.7 Å². The van der Waals surface area contributed by atoms with Crippen LogP contribution in [0.5, 0.6) is 0 Å². The first-order valence-corrected chi connectivity index (χ1v) is 11.8. The van der Waals surface area contributed by atoms with Crippen molar-refractivity contribution >= 4 is 5.97 Å². The van der Waals surface area contributed by atoms with E-state index in [1.165, 1.54) is 11.6 Å². The summed E-state index contributed by atoms with van der Waals surface area (Å²) in [6.45, 7) is 13.5. The van der Waals surface area contributed by atoms with Crippen LogP contribution >= 0.6 is 0 Å². The van der Waals surface area contributed by atoms with E-state index < -0.39 is 28.6 Å². The van der Waals surface area contributed by atoms with Gasteiger partial charge in [0.2, 0.25) is 0 Å². The molecule has 4 aliphatic rings. The van der Waals surface area contributed by atoms with E-state index in [0.29, 0.717) is 19.1 Å². The van der Waals surface area contributed by atoms with Crippen LogP contribution < -0.4 is 0 Å². The third-order valence-corrected chi connectivity index (χ3v) is 9.15. The van der Waals surface area contributed by atoms with Gasteiger partial charge in [-0.2, -0.15) is 0 Å². The van der Waals surface area contributed by atoms with Gasteiger partial charge in [-0.3, -0.25) is 0 Å². The number of hydrogen-bond acceptors (Lipinski definition) is 6. The highest BCUT2D eigenvalue weighted by atomic mass is 16.6. The third-order valence-electron chi connectivity index (χ3n) is 9.15. The summed E-state index contributed by atoms with van der Waals surface area (Å²) in [5.41, 5.74) is -0.977. The Bertz CT molecular complexity index is 864. The standard InChI is InChI=1S/C26H38O6/c1-16(2)26(15-32-26)14-31-22-21(28)25(6,29)23(4,11-10-18-12-20(27)30-13-18)19-9-7-8-17(3)24(19,22)5/h8,10-12,16,19,21-22,28-29H,7,9,13-15H2,1-6H3. The number of allylic oxidation sites excluding steroid dienone is 1. The molecule has 4 rings (SSSR count). The molecule has 0 aromatic carbocycles. The van der Waals surface area contributed by atoms with Gasteiger partial charge < -0.3 is 24.4 Å². The molecular formula is C26H38O6. The normalized spacial score (nSPS) is 46.2. The van der Waals surface area contributed by atoms with Gasteiger partial charge in [-0.05, 0) is 44.1 Å². The van der Waals surface area contributed by atoms with Crippen LogP contribution in [0.1, 0.15) is 54.4 Å². The Hall–Kier alpha value is -1.47. The Balaban J connectivity index is 1.71. The number of esters is 1. The zero-order valence-electron chi connectivity index (χ0n) is 20.2. The van der Waals surface area contributed by atoms with E-state index in [1.54, 1.807) is 6.92 Å². The fraction of sp³-hybridized carbons (Fsp3) is 0.731. The van der Waals surface area contributed by atoms with Crippen molar-refractivity contribution in [1.82, 2.24) is 0 Å². The lowest BCUT2D eigenvalue weighted by molar-refractivity contribution is -0.266. The minimum absolute atomic E-state index is 0.0356. The smallest absolute Gasteiger partial charge is 0.331 e. The molecule has 0 radical (unpaired) electrons. The van der Waals surface area contributed by atoms with Crippen molar-refractivity contribution < 1.29 is 29.2 Å². The molecule has 0 spiro atoms. The summed E-state index contributed by atoms with van der Waals surface area (Å²) in [4.78, 5) is 11.5. The molecule has 0 aromatic rings. The van der Waals surface area contributed by atoms with Crippen molar-refractivity contribution in [1.29, 1.82) is 0 Å². The molecule has 0 amide bonds. The van der Waals surface area contributed by atoms with Crippen LogP contribution in [-0.4, -0.2) is 59.4 Å². The van der Waals surface area contributed by atoms with E-state index in [1.807, 2.05) is 19.1 Å². The average molecular weight is 447 g/mol. The fourth-order valence-electron chi connectivity index (χ4n) is 6.12. The van der Waals surface area contributed by atoms with Crippen LogP contribution in [0.2, 0.25) is 0 Å². The zero-order chi connectivity index (χ0) is 23.5. The van der Waals surface area contributed by atoms with Gasteiger partial charge in [0.25, 0.3) is 0 Å². The second-order valence-corrected chi connectivity index (χ2v) is 11.1. The fourth-order valence-corrected chi connectivity index (χ4v) is 6.12. The molecule has 2 fully saturated rings. The predicted octanol–water partition coefficient (Wildman–Crippen LogP) is 3.33. The van der Waals surface area contributed by atoms with E-state index in [2.05, 4.69) is 33.8 Å². The Morgan fingerprint density at radius 2 is 2.00 bits per heavy atom. The molecular weight excluding hydrogens is 408 g/mol. The van der Waals surface area contributed by atoms with Gasteiger partial charge in [-0.25, -0.2) is 4.79 Å². The summed E-state index contributed by atoms with van der Waals surface area (Å²) >= 11 is 0. The Kier molecular flexibility index (Phi) is 5.77. The van der Waals surface area contributed by atoms with Gasteiger partial charge >= 0.3 is 5.97 Å². The largest absolute Gasteiger partial charge is 0.458 e. The van der Waals surface area contributed by atoms with E-state index in [-0.39, 0.29) is 24.1 Å². The van der Waals surface area contributed by atoms with Crippen molar-refractivity contribution in [3.63, 3.8) is 0 Å². The second-order valence-electron chi connectivity index (χ2n) is 11.1. The summed E-state index contributed by atoms with van der Waals surface area (Å²) in [6, 6.07) is 0. The minimum Gasteiger partial charge on any atom is -0.458 e. The average Bonchev–Trinajstić information content (AvgIpc) is 3.41. The van der Waals surface area contributed by atoms with Gasteiger partial charge in [0.15, 0.2) is 0 Å². The van der Waals surface area contributed by atoms with E-state index >= 15 is 0 Å². The van der Waals surface area contributed by atoms with Crippen molar-refractivity contribution in [2.45, 2.75) is 77.8 Å². The molecule has 6 nitrogen and oxygen atoms in total. The number of epoxide rings is 1. The number of aliphatic hydroxyl groups excluding tert-OH is 1. The molecule has 7 atom stereocenters. The lowest BCUT2D eigenvalue weighted by atomic mass is 9.44. The van der Waals surface area contributed by atoms with Gasteiger partial charge in [-0.15, -0.1) is 0 Å². The first-order chi connectivity index (χ1) is 14.9. The zero-order valence-corrected chi connectivity index (χ0v) is 20.2. The summed E-state index contributed by atoms with van der Waals surface area (Å²) in [6.07, 6.45) is 7.69. The third kappa shape index (κ3) is 3.42. The van der Waals surface area contributed by atoms with E-state index in [0.717, 1.165) is 18.4 Å². The molecule has 0 aromatic heterocycles. The molecule has 6 heteroatoms. The molecule has 1 saturated carbocycles. The molecule has 178 valence electrons. The van der Waals surface area contributed by atoms with Crippen LogP contribution in [0, 0.1) is 22.7 Å². The van der Waals surface area contributed by atoms with Crippen LogP contribution in [0.25, 0.3) is 0 Å². The first kappa shape index (κ1) is 23.7. The maximum Gasteiger partial charge on any atom is 0.331 e. The number of carbonyl (C=O) groups is 1. The summed E-state index contributed by atoms with van der Waals surface area (Å²) in [7, 11) is 0. The maximum atomic E-state index is 11.8. The van der Waals surface area contributed by atoms with Crippen molar-refractivity contribution in [2.75, 3.05) is 19.8 Å². The first-order valence-electron chi connectivity index (χ1n) is 11.8. The highest BCUT2D eigenvalue weighted by Crippen LogP contribution is 2.63. The number of fused-ring (bicyclic) bond motifs is 1.